The van der Waals surface area contributed by atoms with Gasteiger partial charge in [0.25, 0.3) is 0 Å². The molecule has 1 saturated carbocycles. The maximum Gasteiger partial charge on any atom is 0.246 e. The molecule has 0 spiro atoms. The summed E-state index contributed by atoms with van der Waals surface area (Å²) in [5.74, 6) is -0.0243. The van der Waals surface area contributed by atoms with Gasteiger partial charge in [-0.05, 0) is 26.2 Å². The molecule has 4 nitrogen and oxygen atoms in total. The van der Waals surface area contributed by atoms with Gasteiger partial charge >= 0.3 is 0 Å². The largest absolute Gasteiger partial charge is 0.367 e. The second kappa shape index (κ2) is 7.67. The van der Waals surface area contributed by atoms with Crippen LogP contribution in [0.25, 0.3) is 0 Å². The van der Waals surface area contributed by atoms with Crippen LogP contribution in [0.1, 0.15) is 52.4 Å². The third-order valence-electron chi connectivity index (χ3n) is 3.31. The first-order valence-corrected chi connectivity index (χ1v) is 6.80. The number of ether oxygens (including phenoxy) is 1. The van der Waals surface area contributed by atoms with E-state index in [2.05, 4.69) is 12.2 Å². The highest BCUT2D eigenvalue weighted by molar-refractivity contribution is 5.77. The quantitative estimate of drug-likeness (QED) is 0.743. The smallest absolute Gasteiger partial charge is 0.246 e. The Morgan fingerprint density at radius 3 is 2.82 bits per heavy atom. The first kappa shape index (κ1) is 14.5. The summed E-state index contributed by atoms with van der Waals surface area (Å²) in [5, 5.41) is 2.93. The summed E-state index contributed by atoms with van der Waals surface area (Å²) in [4.78, 5) is 11.6. The van der Waals surface area contributed by atoms with Gasteiger partial charge in [-0.15, -0.1) is 0 Å². The molecule has 3 N–H and O–H groups in total. The minimum atomic E-state index is -0.0243. The molecule has 1 fully saturated rings. The number of nitrogens with one attached hydrogen (secondary N) is 1. The van der Waals surface area contributed by atoms with Crippen LogP contribution in [0.15, 0.2) is 0 Å². The lowest BCUT2D eigenvalue weighted by atomic mass is 9.93. The molecule has 1 aliphatic rings. The van der Waals surface area contributed by atoms with Crippen LogP contribution < -0.4 is 11.1 Å². The molecular weight excluding hydrogens is 216 g/mol. The summed E-state index contributed by atoms with van der Waals surface area (Å²) in [7, 11) is 0. The van der Waals surface area contributed by atoms with Crippen molar-refractivity contribution in [2.75, 3.05) is 6.61 Å². The monoisotopic (exact) mass is 242 g/mol. The van der Waals surface area contributed by atoms with Gasteiger partial charge in [-0.2, -0.15) is 0 Å². The standard InChI is InChI=1S/C13H26N2O2/c1-3-6-10(2)15-13(16)9-17-12-8-5-4-7-11(12)14/h10-12H,3-9,14H2,1-2H3,(H,15,16). The number of rotatable bonds is 6. The van der Waals surface area contributed by atoms with Gasteiger partial charge in [0.15, 0.2) is 0 Å². The molecule has 0 saturated heterocycles. The van der Waals surface area contributed by atoms with E-state index < -0.39 is 0 Å². The lowest BCUT2D eigenvalue weighted by molar-refractivity contribution is -0.129. The SMILES string of the molecule is CCCC(C)NC(=O)COC1CCCCC1N. The Labute approximate surface area is 104 Å². The zero-order valence-electron chi connectivity index (χ0n) is 11.1. The summed E-state index contributed by atoms with van der Waals surface area (Å²) < 4.78 is 5.60. The van der Waals surface area contributed by atoms with Crippen LogP contribution in [-0.2, 0) is 9.53 Å². The van der Waals surface area contributed by atoms with Gasteiger partial charge in [0.05, 0.1) is 6.10 Å². The number of carbonyl (C=O) groups excluding carboxylic acids is 1. The van der Waals surface area contributed by atoms with E-state index >= 15 is 0 Å². The molecule has 17 heavy (non-hydrogen) atoms. The van der Waals surface area contributed by atoms with Crippen molar-refractivity contribution in [3.05, 3.63) is 0 Å². The van der Waals surface area contributed by atoms with Crippen LogP contribution >= 0.6 is 0 Å². The van der Waals surface area contributed by atoms with Crippen LogP contribution in [0.2, 0.25) is 0 Å². The molecule has 0 bridgehead atoms. The fourth-order valence-corrected chi connectivity index (χ4v) is 2.34. The molecule has 0 aromatic carbocycles. The van der Waals surface area contributed by atoms with Crippen molar-refractivity contribution < 1.29 is 9.53 Å². The highest BCUT2D eigenvalue weighted by Crippen LogP contribution is 2.19. The van der Waals surface area contributed by atoms with Crippen molar-refractivity contribution in [3.8, 4) is 0 Å². The third-order valence-corrected chi connectivity index (χ3v) is 3.31. The van der Waals surface area contributed by atoms with Crippen molar-refractivity contribution in [2.45, 2.75) is 70.6 Å². The van der Waals surface area contributed by atoms with E-state index in [-0.39, 0.29) is 30.7 Å². The summed E-state index contributed by atoms with van der Waals surface area (Å²) in [6, 6.07) is 0.334. The van der Waals surface area contributed by atoms with Gasteiger partial charge in [0.1, 0.15) is 6.61 Å². The van der Waals surface area contributed by atoms with Crippen LogP contribution in [0.4, 0.5) is 0 Å². The zero-order valence-corrected chi connectivity index (χ0v) is 11.1. The first-order chi connectivity index (χ1) is 8.13. The Morgan fingerprint density at radius 1 is 1.47 bits per heavy atom. The van der Waals surface area contributed by atoms with Gasteiger partial charge in [-0.25, -0.2) is 0 Å². The maximum absolute atomic E-state index is 11.6. The lowest BCUT2D eigenvalue weighted by Crippen LogP contribution is -2.42. The van der Waals surface area contributed by atoms with Crippen LogP contribution in [0, 0.1) is 0 Å². The molecule has 0 radical (unpaired) electrons. The second-order valence-corrected chi connectivity index (χ2v) is 5.06. The van der Waals surface area contributed by atoms with Gasteiger partial charge in [-0.1, -0.05) is 26.2 Å². The lowest BCUT2D eigenvalue weighted by Gasteiger charge is -2.28. The van der Waals surface area contributed by atoms with Crippen molar-refractivity contribution >= 4 is 5.91 Å². The highest BCUT2D eigenvalue weighted by atomic mass is 16.5. The van der Waals surface area contributed by atoms with Gasteiger partial charge < -0.3 is 15.8 Å². The molecule has 3 atom stereocenters. The van der Waals surface area contributed by atoms with E-state index in [0.29, 0.717) is 0 Å². The fourth-order valence-electron chi connectivity index (χ4n) is 2.34. The fraction of sp³-hybridized carbons (Fsp3) is 0.923. The van der Waals surface area contributed by atoms with Crippen LogP contribution in [0.3, 0.4) is 0 Å². The van der Waals surface area contributed by atoms with E-state index in [4.69, 9.17) is 10.5 Å². The van der Waals surface area contributed by atoms with E-state index in [1.54, 1.807) is 0 Å². The average Bonchev–Trinajstić information content (AvgIpc) is 2.28. The minimum Gasteiger partial charge on any atom is -0.367 e. The number of hydrogen-bond donors (Lipinski definition) is 2. The second-order valence-electron chi connectivity index (χ2n) is 5.06. The molecular formula is C13H26N2O2. The predicted molar refractivity (Wildman–Crippen MR) is 68.7 cm³/mol. The van der Waals surface area contributed by atoms with Crippen molar-refractivity contribution in [1.82, 2.24) is 5.32 Å². The Hall–Kier alpha value is -0.610. The molecule has 1 aliphatic carbocycles. The molecule has 0 aliphatic heterocycles. The predicted octanol–water partition coefficient (Wildman–Crippen LogP) is 1.58. The number of nitrogens with two attached hydrogens (primary N) is 1. The van der Waals surface area contributed by atoms with Crippen molar-refractivity contribution in [2.24, 2.45) is 5.73 Å². The topological polar surface area (TPSA) is 64.3 Å². The molecule has 3 unspecified atom stereocenters. The Bertz CT molecular complexity index is 233. The highest BCUT2D eigenvalue weighted by Gasteiger charge is 2.23. The number of carbonyl (C=O) groups is 1. The Balaban J connectivity index is 2.18. The Morgan fingerprint density at radius 2 is 2.18 bits per heavy atom. The number of hydrogen-bond acceptors (Lipinski definition) is 3. The summed E-state index contributed by atoms with van der Waals surface area (Å²) in [6.45, 7) is 4.28. The molecule has 1 amide bonds. The molecule has 100 valence electrons. The molecule has 1 rings (SSSR count). The molecule has 0 heterocycles. The van der Waals surface area contributed by atoms with E-state index in [1.165, 1.54) is 6.42 Å². The zero-order chi connectivity index (χ0) is 12.7. The first-order valence-electron chi connectivity index (χ1n) is 6.80. The normalized spacial score (nSPS) is 26.5. The minimum absolute atomic E-state index is 0.0243. The summed E-state index contributed by atoms with van der Waals surface area (Å²) in [6.07, 6.45) is 6.49. The van der Waals surface area contributed by atoms with Crippen LogP contribution in [0.5, 0.6) is 0 Å². The van der Waals surface area contributed by atoms with E-state index in [1.807, 2.05) is 6.92 Å². The molecule has 0 aromatic heterocycles. The van der Waals surface area contributed by atoms with Gasteiger partial charge in [0, 0.05) is 12.1 Å². The summed E-state index contributed by atoms with van der Waals surface area (Å²) >= 11 is 0. The molecule has 0 aromatic rings. The van der Waals surface area contributed by atoms with E-state index in [9.17, 15) is 4.79 Å². The van der Waals surface area contributed by atoms with Gasteiger partial charge in [-0.3, -0.25) is 4.79 Å². The average molecular weight is 242 g/mol. The van der Waals surface area contributed by atoms with Crippen LogP contribution in [-0.4, -0.2) is 30.7 Å². The van der Waals surface area contributed by atoms with Crippen molar-refractivity contribution in [3.63, 3.8) is 0 Å². The summed E-state index contributed by atoms with van der Waals surface area (Å²) in [5.41, 5.74) is 5.96. The van der Waals surface area contributed by atoms with Crippen molar-refractivity contribution in [1.29, 1.82) is 0 Å². The maximum atomic E-state index is 11.6. The van der Waals surface area contributed by atoms with E-state index in [0.717, 1.165) is 32.1 Å². The number of amides is 1. The third kappa shape index (κ3) is 5.50. The van der Waals surface area contributed by atoms with Gasteiger partial charge in [0.2, 0.25) is 5.91 Å². The molecule has 4 heteroatoms. The Kier molecular flexibility index (Phi) is 6.52.